The van der Waals surface area contributed by atoms with Gasteiger partial charge in [0.05, 0.1) is 15.6 Å². The average molecular weight is 306 g/mol. The second-order valence-electron chi connectivity index (χ2n) is 2.95. The van der Waals surface area contributed by atoms with E-state index in [1.165, 1.54) is 6.07 Å². The molecule has 0 fully saturated rings. The molecule has 0 atom stereocenters. The van der Waals surface area contributed by atoms with Gasteiger partial charge in [-0.15, -0.1) is 0 Å². The van der Waals surface area contributed by atoms with E-state index in [0.717, 1.165) is 23.9 Å². The predicted molar refractivity (Wildman–Crippen MR) is 70.6 cm³/mol. The Balaban J connectivity index is 3.29. The standard InChI is InChI=1S/C9H8ClN3O3S2/c1-17-9(12-5-11)13-8-4-6(18(14,15)16)2-3-7(8)10/h2-4H,1H3,(H,12,13)(H,14,15,16). The molecule has 1 rings (SSSR count). The molecule has 1 aromatic rings. The molecule has 2 N–H and O–H groups in total. The second-order valence-corrected chi connectivity index (χ2v) is 5.57. The summed E-state index contributed by atoms with van der Waals surface area (Å²) in [5.41, 5.74) is 0.138. The van der Waals surface area contributed by atoms with Crippen LogP contribution in [0.1, 0.15) is 0 Å². The van der Waals surface area contributed by atoms with Gasteiger partial charge in [-0.3, -0.25) is 9.87 Å². The summed E-state index contributed by atoms with van der Waals surface area (Å²) < 4.78 is 30.8. The van der Waals surface area contributed by atoms with Crippen molar-refractivity contribution in [3.63, 3.8) is 0 Å². The van der Waals surface area contributed by atoms with E-state index in [4.69, 9.17) is 21.4 Å². The maximum absolute atomic E-state index is 11.0. The third-order valence-corrected chi connectivity index (χ3v) is 3.54. The molecule has 9 heteroatoms. The van der Waals surface area contributed by atoms with Gasteiger partial charge in [-0.1, -0.05) is 23.4 Å². The lowest BCUT2D eigenvalue weighted by Gasteiger charge is -2.03. The van der Waals surface area contributed by atoms with Crippen molar-refractivity contribution < 1.29 is 13.0 Å². The van der Waals surface area contributed by atoms with Crippen LogP contribution in [0, 0.1) is 11.5 Å². The predicted octanol–water partition coefficient (Wildman–Crippen LogP) is 2.01. The fourth-order valence-electron chi connectivity index (χ4n) is 1.02. The van der Waals surface area contributed by atoms with Crippen LogP contribution in [-0.2, 0) is 10.1 Å². The first kappa shape index (κ1) is 14.8. The SMILES string of the molecule is CSC(=Nc1cc(S(=O)(=O)O)ccc1Cl)NC#N. The molecule has 0 unspecified atom stereocenters. The number of aliphatic imine (C=N–C) groups is 1. The molecule has 0 amide bonds. The van der Waals surface area contributed by atoms with Crippen molar-refractivity contribution in [3.05, 3.63) is 23.2 Å². The Kier molecular flexibility index (Phi) is 4.98. The molecule has 0 spiro atoms. The number of nitriles is 1. The summed E-state index contributed by atoms with van der Waals surface area (Å²) in [4.78, 5) is 3.66. The van der Waals surface area contributed by atoms with Crippen molar-refractivity contribution in [2.45, 2.75) is 4.90 Å². The first-order valence-corrected chi connectivity index (χ1v) is 7.47. The number of hydrogen-bond acceptors (Lipinski definition) is 5. The zero-order chi connectivity index (χ0) is 13.8. The number of nitrogens with one attached hydrogen (secondary N) is 1. The van der Waals surface area contributed by atoms with Gasteiger partial charge in [-0.2, -0.15) is 13.7 Å². The molecule has 0 radical (unpaired) electrons. The topological polar surface area (TPSA) is 103 Å². The third-order valence-electron chi connectivity index (χ3n) is 1.79. The Morgan fingerprint density at radius 1 is 1.61 bits per heavy atom. The number of thioether (sulfide) groups is 1. The van der Waals surface area contributed by atoms with E-state index in [2.05, 4.69) is 10.3 Å². The molecular weight excluding hydrogens is 298 g/mol. The maximum Gasteiger partial charge on any atom is 0.294 e. The van der Waals surface area contributed by atoms with Crippen molar-refractivity contribution in [1.82, 2.24) is 5.32 Å². The van der Waals surface area contributed by atoms with Gasteiger partial charge in [-0.05, 0) is 24.5 Å². The fourth-order valence-corrected chi connectivity index (χ4v) is 2.02. The normalized spacial score (nSPS) is 12.0. The van der Waals surface area contributed by atoms with Crippen LogP contribution < -0.4 is 5.32 Å². The van der Waals surface area contributed by atoms with E-state index < -0.39 is 10.1 Å². The number of halogens is 1. The molecule has 0 heterocycles. The van der Waals surface area contributed by atoms with E-state index in [0.29, 0.717) is 0 Å². The minimum atomic E-state index is -4.32. The van der Waals surface area contributed by atoms with Crippen molar-refractivity contribution in [2.75, 3.05) is 6.26 Å². The quantitative estimate of drug-likeness (QED) is 0.285. The zero-order valence-electron chi connectivity index (χ0n) is 9.08. The smallest absolute Gasteiger partial charge is 0.282 e. The van der Waals surface area contributed by atoms with Crippen LogP contribution >= 0.6 is 23.4 Å². The van der Waals surface area contributed by atoms with Gasteiger partial charge in [0, 0.05) is 0 Å². The molecule has 0 aromatic heterocycles. The summed E-state index contributed by atoms with van der Waals surface area (Å²) in [6.07, 6.45) is 3.38. The minimum absolute atomic E-state index is 0.138. The summed E-state index contributed by atoms with van der Waals surface area (Å²) in [7, 11) is -4.32. The minimum Gasteiger partial charge on any atom is -0.282 e. The molecule has 18 heavy (non-hydrogen) atoms. The molecule has 6 nitrogen and oxygen atoms in total. The van der Waals surface area contributed by atoms with Gasteiger partial charge >= 0.3 is 0 Å². The first-order valence-electron chi connectivity index (χ1n) is 4.43. The lowest BCUT2D eigenvalue weighted by molar-refractivity contribution is 0.483. The highest BCUT2D eigenvalue weighted by molar-refractivity contribution is 8.13. The van der Waals surface area contributed by atoms with Crippen molar-refractivity contribution in [3.8, 4) is 6.19 Å². The highest BCUT2D eigenvalue weighted by Crippen LogP contribution is 2.28. The van der Waals surface area contributed by atoms with Gasteiger partial charge in [-0.25, -0.2) is 4.99 Å². The fraction of sp³-hybridized carbons (Fsp3) is 0.111. The summed E-state index contributed by atoms with van der Waals surface area (Å²) in [6, 6.07) is 3.58. The monoisotopic (exact) mass is 305 g/mol. The van der Waals surface area contributed by atoms with Crippen LogP contribution in [0.3, 0.4) is 0 Å². The summed E-state index contributed by atoms with van der Waals surface area (Å²) >= 11 is 7.00. The van der Waals surface area contributed by atoms with Crippen LogP contribution in [0.15, 0.2) is 28.1 Å². The first-order chi connectivity index (χ1) is 8.38. The van der Waals surface area contributed by atoms with Gasteiger partial charge in [0.15, 0.2) is 11.4 Å². The van der Waals surface area contributed by atoms with Crippen LogP contribution in [0.4, 0.5) is 5.69 Å². The molecule has 0 aliphatic heterocycles. The Labute approximate surface area is 113 Å². The number of amidine groups is 1. The molecule has 0 saturated carbocycles. The lowest BCUT2D eigenvalue weighted by atomic mass is 10.3. The van der Waals surface area contributed by atoms with Gasteiger partial charge < -0.3 is 0 Å². The molecule has 0 bridgehead atoms. The van der Waals surface area contributed by atoms with E-state index in [1.807, 2.05) is 0 Å². The van der Waals surface area contributed by atoms with Crippen LogP contribution in [0.2, 0.25) is 5.02 Å². The van der Waals surface area contributed by atoms with Gasteiger partial charge in [0.1, 0.15) is 0 Å². The van der Waals surface area contributed by atoms with Gasteiger partial charge in [0.2, 0.25) is 0 Å². The maximum atomic E-state index is 11.0. The molecular formula is C9H8ClN3O3S2. The molecule has 0 aliphatic carbocycles. The van der Waals surface area contributed by atoms with E-state index in [-0.39, 0.29) is 20.8 Å². The van der Waals surface area contributed by atoms with Crippen LogP contribution in [-0.4, -0.2) is 24.4 Å². The Morgan fingerprint density at radius 2 is 2.28 bits per heavy atom. The van der Waals surface area contributed by atoms with Gasteiger partial charge in [0.25, 0.3) is 10.1 Å². The summed E-state index contributed by atoms with van der Waals surface area (Å²) in [6.45, 7) is 0. The lowest BCUT2D eigenvalue weighted by Crippen LogP contribution is -2.12. The molecule has 0 saturated heterocycles. The van der Waals surface area contributed by atoms with Crippen LogP contribution in [0.5, 0.6) is 0 Å². The Hall–Kier alpha value is -1.27. The van der Waals surface area contributed by atoms with Crippen molar-refractivity contribution in [2.24, 2.45) is 4.99 Å². The van der Waals surface area contributed by atoms with E-state index in [9.17, 15) is 8.42 Å². The molecule has 1 aromatic carbocycles. The summed E-state index contributed by atoms with van der Waals surface area (Å²) in [5, 5.41) is 11.2. The largest absolute Gasteiger partial charge is 0.294 e. The highest BCUT2D eigenvalue weighted by Gasteiger charge is 2.12. The number of hydrogen-bond donors (Lipinski definition) is 2. The number of nitrogens with zero attached hydrogens (tertiary/aromatic N) is 2. The van der Waals surface area contributed by atoms with Crippen molar-refractivity contribution in [1.29, 1.82) is 5.26 Å². The molecule has 0 aliphatic rings. The summed E-state index contributed by atoms with van der Waals surface area (Å²) in [5.74, 6) is 0. The number of benzene rings is 1. The highest BCUT2D eigenvalue weighted by atomic mass is 35.5. The van der Waals surface area contributed by atoms with Crippen molar-refractivity contribution >= 4 is 44.3 Å². The Morgan fingerprint density at radius 3 is 2.78 bits per heavy atom. The number of rotatable bonds is 2. The third kappa shape index (κ3) is 3.89. The van der Waals surface area contributed by atoms with E-state index >= 15 is 0 Å². The van der Waals surface area contributed by atoms with Crippen LogP contribution in [0.25, 0.3) is 0 Å². The Bertz CT molecular complexity index is 622. The second kappa shape index (κ2) is 6.06. The molecule has 96 valence electrons. The van der Waals surface area contributed by atoms with E-state index in [1.54, 1.807) is 12.4 Å². The zero-order valence-corrected chi connectivity index (χ0v) is 11.5. The average Bonchev–Trinajstić information content (AvgIpc) is 2.29.